The third kappa shape index (κ3) is 1.95. The van der Waals surface area contributed by atoms with Crippen LogP contribution in [-0.2, 0) is 6.18 Å². The molecule has 0 N–H and O–H groups in total. The van der Waals surface area contributed by atoms with E-state index in [4.69, 9.17) is 0 Å². The maximum Gasteiger partial charge on any atom is 0.416 e. The van der Waals surface area contributed by atoms with E-state index in [0.29, 0.717) is 18.8 Å². The van der Waals surface area contributed by atoms with E-state index in [1.165, 1.54) is 17.0 Å². The zero-order valence-corrected chi connectivity index (χ0v) is 8.16. The van der Waals surface area contributed by atoms with E-state index in [2.05, 4.69) is 5.32 Å². The van der Waals surface area contributed by atoms with Gasteiger partial charge in [0.1, 0.15) is 0 Å². The molecule has 2 amide bonds. The first-order chi connectivity index (χ1) is 7.48. The van der Waals surface area contributed by atoms with Crippen molar-refractivity contribution in [3.8, 4) is 0 Å². The fourth-order valence-electron chi connectivity index (χ4n) is 1.50. The molecule has 1 heterocycles. The van der Waals surface area contributed by atoms with Crippen LogP contribution < -0.4 is 10.2 Å². The standard InChI is InChI=1S/C10H8F3N2O/c11-10(12,13)7-1-3-8(4-2-7)15-6-5-14-9(15)16/h1-4H,5-6H2. The van der Waals surface area contributed by atoms with Gasteiger partial charge in [0.2, 0.25) is 0 Å². The third-order valence-corrected chi connectivity index (χ3v) is 2.31. The molecular weight excluding hydrogens is 221 g/mol. The summed E-state index contributed by atoms with van der Waals surface area (Å²) in [6.45, 7) is 0.810. The van der Waals surface area contributed by atoms with Gasteiger partial charge in [-0.2, -0.15) is 13.2 Å². The fraction of sp³-hybridized carbons (Fsp3) is 0.300. The highest BCUT2D eigenvalue weighted by atomic mass is 19.4. The molecular formula is C10H8F3N2O. The number of alkyl halides is 3. The van der Waals surface area contributed by atoms with Crippen LogP contribution in [0.25, 0.3) is 0 Å². The molecule has 1 radical (unpaired) electrons. The average molecular weight is 229 g/mol. The number of hydrogen-bond donors (Lipinski definition) is 0. The Balaban J connectivity index is 2.22. The molecule has 0 aromatic heterocycles. The molecule has 0 spiro atoms. The minimum absolute atomic E-state index is 0.389. The van der Waals surface area contributed by atoms with Crippen LogP contribution in [0.15, 0.2) is 24.3 Å². The van der Waals surface area contributed by atoms with Gasteiger partial charge in [-0.1, -0.05) is 0 Å². The Morgan fingerprint density at radius 2 is 1.81 bits per heavy atom. The summed E-state index contributed by atoms with van der Waals surface area (Å²) < 4.78 is 36.8. The number of anilines is 1. The van der Waals surface area contributed by atoms with Crippen molar-refractivity contribution in [1.29, 1.82) is 0 Å². The summed E-state index contributed by atoms with van der Waals surface area (Å²) in [6.07, 6.45) is -4.35. The number of urea groups is 1. The Bertz CT molecular complexity index is 400. The van der Waals surface area contributed by atoms with Gasteiger partial charge >= 0.3 is 12.2 Å². The highest BCUT2D eigenvalue weighted by Gasteiger charge is 2.31. The Morgan fingerprint density at radius 3 is 2.25 bits per heavy atom. The van der Waals surface area contributed by atoms with E-state index in [-0.39, 0.29) is 0 Å². The van der Waals surface area contributed by atoms with Crippen LogP contribution in [-0.4, -0.2) is 19.1 Å². The van der Waals surface area contributed by atoms with Gasteiger partial charge in [0.25, 0.3) is 0 Å². The van der Waals surface area contributed by atoms with Gasteiger partial charge < -0.3 is 0 Å². The zero-order valence-electron chi connectivity index (χ0n) is 8.16. The van der Waals surface area contributed by atoms with Crippen molar-refractivity contribution in [2.24, 2.45) is 0 Å². The second-order valence-electron chi connectivity index (χ2n) is 3.36. The molecule has 0 atom stereocenters. The summed E-state index contributed by atoms with van der Waals surface area (Å²) in [6, 6.07) is 4.07. The molecule has 1 aromatic carbocycles. The Hall–Kier alpha value is -1.72. The van der Waals surface area contributed by atoms with Crippen LogP contribution in [0.2, 0.25) is 0 Å². The van der Waals surface area contributed by atoms with Crippen LogP contribution in [0.3, 0.4) is 0 Å². The average Bonchev–Trinajstić information content (AvgIpc) is 2.63. The predicted octanol–water partition coefficient (Wildman–Crippen LogP) is 2.25. The predicted molar refractivity (Wildman–Crippen MR) is 51.2 cm³/mol. The number of carbonyl (C=O) groups is 1. The highest BCUT2D eigenvalue weighted by Crippen LogP contribution is 2.30. The second kappa shape index (κ2) is 3.70. The van der Waals surface area contributed by atoms with Crippen molar-refractivity contribution < 1.29 is 18.0 Å². The lowest BCUT2D eigenvalue weighted by molar-refractivity contribution is -0.137. The van der Waals surface area contributed by atoms with Crippen LogP contribution in [0.5, 0.6) is 0 Å². The van der Waals surface area contributed by atoms with E-state index in [1.807, 2.05) is 0 Å². The molecule has 85 valence electrons. The molecule has 3 nitrogen and oxygen atoms in total. The lowest BCUT2D eigenvalue weighted by atomic mass is 10.2. The molecule has 0 saturated carbocycles. The molecule has 0 aliphatic carbocycles. The van der Waals surface area contributed by atoms with E-state index in [1.54, 1.807) is 0 Å². The van der Waals surface area contributed by atoms with Crippen molar-refractivity contribution in [3.63, 3.8) is 0 Å². The summed E-state index contributed by atoms with van der Waals surface area (Å²) >= 11 is 0. The Morgan fingerprint density at radius 1 is 1.19 bits per heavy atom. The Labute approximate surface area is 89.9 Å². The minimum Gasteiger partial charge on any atom is -0.291 e. The van der Waals surface area contributed by atoms with Crippen LogP contribution in [0.4, 0.5) is 23.7 Å². The number of hydrogen-bond acceptors (Lipinski definition) is 1. The number of nitrogens with zero attached hydrogens (tertiary/aromatic N) is 2. The molecule has 1 aliphatic heterocycles. The molecule has 1 saturated heterocycles. The Kier molecular flexibility index (Phi) is 2.49. The molecule has 0 unspecified atom stereocenters. The van der Waals surface area contributed by atoms with Crippen molar-refractivity contribution in [2.45, 2.75) is 6.18 Å². The molecule has 2 rings (SSSR count). The number of carbonyl (C=O) groups excluding carboxylic acids is 1. The smallest absolute Gasteiger partial charge is 0.291 e. The van der Waals surface area contributed by atoms with E-state index >= 15 is 0 Å². The van der Waals surface area contributed by atoms with Crippen LogP contribution in [0.1, 0.15) is 5.56 Å². The van der Waals surface area contributed by atoms with Gasteiger partial charge in [0, 0.05) is 12.2 Å². The van der Waals surface area contributed by atoms with Gasteiger partial charge in [0.05, 0.1) is 12.1 Å². The summed E-state index contributed by atoms with van der Waals surface area (Å²) in [5.41, 5.74) is -0.279. The molecule has 1 aliphatic rings. The van der Waals surface area contributed by atoms with Crippen molar-refractivity contribution in [1.82, 2.24) is 5.32 Å². The van der Waals surface area contributed by atoms with E-state index < -0.39 is 17.8 Å². The number of amides is 2. The van der Waals surface area contributed by atoms with Gasteiger partial charge in [0.15, 0.2) is 0 Å². The van der Waals surface area contributed by atoms with Crippen LogP contribution >= 0.6 is 0 Å². The molecule has 1 fully saturated rings. The maximum absolute atomic E-state index is 12.3. The lowest BCUT2D eigenvalue weighted by Crippen LogP contribution is -2.25. The fourth-order valence-corrected chi connectivity index (χ4v) is 1.50. The van der Waals surface area contributed by atoms with Gasteiger partial charge in [-0.3, -0.25) is 4.90 Å². The third-order valence-electron chi connectivity index (χ3n) is 2.31. The topological polar surface area (TPSA) is 34.4 Å². The van der Waals surface area contributed by atoms with Crippen molar-refractivity contribution in [2.75, 3.05) is 18.0 Å². The minimum atomic E-state index is -4.35. The van der Waals surface area contributed by atoms with Crippen LogP contribution in [0, 0.1) is 0 Å². The van der Waals surface area contributed by atoms with Gasteiger partial charge in [-0.05, 0) is 24.3 Å². The zero-order chi connectivity index (χ0) is 11.8. The SMILES string of the molecule is O=C1[N]CCN1c1ccc(C(F)(F)F)cc1. The normalized spacial score (nSPS) is 16.4. The summed E-state index contributed by atoms with van der Waals surface area (Å²) in [4.78, 5) is 12.5. The lowest BCUT2D eigenvalue weighted by Gasteiger charge is -2.14. The van der Waals surface area contributed by atoms with Crippen molar-refractivity contribution in [3.05, 3.63) is 29.8 Å². The summed E-state index contributed by atoms with van der Waals surface area (Å²) in [7, 11) is 0. The number of rotatable bonds is 1. The summed E-state index contributed by atoms with van der Waals surface area (Å²) in [5.74, 6) is 0. The maximum atomic E-state index is 12.3. The largest absolute Gasteiger partial charge is 0.416 e. The van der Waals surface area contributed by atoms with Gasteiger partial charge in [-0.15, -0.1) is 0 Å². The molecule has 0 bridgehead atoms. The molecule has 6 heteroatoms. The summed E-state index contributed by atoms with van der Waals surface area (Å²) in [5, 5.41) is 3.63. The van der Waals surface area contributed by atoms with Gasteiger partial charge in [-0.25, -0.2) is 10.1 Å². The first kappa shape index (κ1) is 10.8. The highest BCUT2D eigenvalue weighted by molar-refractivity contribution is 5.93. The monoisotopic (exact) mass is 229 g/mol. The quantitative estimate of drug-likeness (QED) is 0.727. The first-order valence-corrected chi connectivity index (χ1v) is 4.65. The van der Waals surface area contributed by atoms with Crippen molar-refractivity contribution >= 4 is 11.7 Å². The molecule has 16 heavy (non-hydrogen) atoms. The first-order valence-electron chi connectivity index (χ1n) is 4.65. The number of halogens is 3. The van der Waals surface area contributed by atoms with E-state index in [0.717, 1.165) is 12.1 Å². The van der Waals surface area contributed by atoms with E-state index in [9.17, 15) is 18.0 Å². The second-order valence-corrected chi connectivity index (χ2v) is 3.36. The number of benzene rings is 1. The molecule has 1 aromatic rings.